The Morgan fingerprint density at radius 3 is 2.86 bits per heavy atom. The van der Waals surface area contributed by atoms with E-state index in [9.17, 15) is 0 Å². The Morgan fingerprint density at radius 1 is 1.29 bits per heavy atom. The predicted molar refractivity (Wildman–Crippen MR) is 59.0 cm³/mol. The molecule has 1 aromatic heterocycles. The maximum atomic E-state index is 4.06. The summed E-state index contributed by atoms with van der Waals surface area (Å²) in [5, 5.41) is 11.6. The van der Waals surface area contributed by atoms with Crippen LogP contribution >= 0.6 is 12.4 Å². The van der Waals surface area contributed by atoms with Gasteiger partial charge in [0.25, 0.3) is 0 Å². The second kappa shape index (κ2) is 3.59. The van der Waals surface area contributed by atoms with E-state index in [2.05, 4.69) is 33.7 Å². The molecule has 0 saturated carbocycles. The van der Waals surface area contributed by atoms with Crippen molar-refractivity contribution in [2.75, 3.05) is 13.1 Å². The minimum absolute atomic E-state index is 0. The topological polar surface area (TPSA) is 40.7 Å². The van der Waals surface area contributed by atoms with E-state index < -0.39 is 0 Å². The zero-order valence-electron chi connectivity index (χ0n) is 7.66. The highest BCUT2D eigenvalue weighted by Crippen LogP contribution is 2.26. The van der Waals surface area contributed by atoms with Crippen molar-refractivity contribution in [1.29, 1.82) is 0 Å². The minimum atomic E-state index is 0. The standard InChI is InChI=1S/C10H11N3.ClH/c1-2-8(7-4-11-5-7)9-6-12-13-10(9)3-1;/h1-3,6-7,11H,4-5H2,(H,12,13);1H. The molecule has 14 heavy (non-hydrogen) atoms. The third-order valence-electron chi connectivity index (χ3n) is 2.74. The van der Waals surface area contributed by atoms with E-state index in [4.69, 9.17) is 0 Å². The summed E-state index contributed by atoms with van der Waals surface area (Å²) < 4.78 is 0. The Hall–Kier alpha value is -1.06. The van der Waals surface area contributed by atoms with Gasteiger partial charge >= 0.3 is 0 Å². The van der Waals surface area contributed by atoms with Crippen molar-refractivity contribution in [3.63, 3.8) is 0 Å². The van der Waals surface area contributed by atoms with Gasteiger partial charge in [-0.3, -0.25) is 5.10 Å². The lowest BCUT2D eigenvalue weighted by Gasteiger charge is -2.27. The van der Waals surface area contributed by atoms with Crippen LogP contribution in [0.4, 0.5) is 0 Å². The van der Waals surface area contributed by atoms with Gasteiger partial charge in [0.2, 0.25) is 0 Å². The molecular weight excluding hydrogens is 198 g/mol. The van der Waals surface area contributed by atoms with E-state index in [0.717, 1.165) is 18.6 Å². The zero-order chi connectivity index (χ0) is 8.67. The molecule has 1 aromatic carbocycles. The zero-order valence-corrected chi connectivity index (χ0v) is 8.47. The van der Waals surface area contributed by atoms with E-state index in [1.165, 1.54) is 10.9 Å². The largest absolute Gasteiger partial charge is 0.315 e. The summed E-state index contributed by atoms with van der Waals surface area (Å²) in [6, 6.07) is 6.36. The average Bonchev–Trinajstić information content (AvgIpc) is 2.49. The van der Waals surface area contributed by atoms with E-state index in [1.807, 2.05) is 6.20 Å². The number of nitrogens with zero attached hydrogens (tertiary/aromatic N) is 1. The Balaban J connectivity index is 0.000000750. The summed E-state index contributed by atoms with van der Waals surface area (Å²) in [5.41, 5.74) is 2.56. The fraction of sp³-hybridized carbons (Fsp3) is 0.300. The molecule has 0 spiro atoms. The molecule has 0 amide bonds. The van der Waals surface area contributed by atoms with Gasteiger partial charge in [-0.25, -0.2) is 0 Å². The summed E-state index contributed by atoms with van der Waals surface area (Å²) in [4.78, 5) is 0. The highest BCUT2D eigenvalue weighted by molar-refractivity contribution is 5.85. The number of rotatable bonds is 1. The number of halogens is 1. The van der Waals surface area contributed by atoms with Crippen molar-refractivity contribution in [3.8, 4) is 0 Å². The molecule has 0 radical (unpaired) electrons. The number of aromatic amines is 1. The van der Waals surface area contributed by atoms with Crippen LogP contribution in [0.25, 0.3) is 10.9 Å². The molecule has 1 saturated heterocycles. The molecule has 4 heteroatoms. The molecule has 0 aliphatic carbocycles. The van der Waals surface area contributed by atoms with Crippen LogP contribution < -0.4 is 5.32 Å². The molecule has 0 bridgehead atoms. The van der Waals surface area contributed by atoms with Crippen LogP contribution in [-0.2, 0) is 0 Å². The highest BCUT2D eigenvalue weighted by atomic mass is 35.5. The first-order chi connectivity index (χ1) is 6.45. The number of nitrogens with one attached hydrogen (secondary N) is 2. The van der Waals surface area contributed by atoms with E-state index in [0.29, 0.717) is 5.92 Å². The fourth-order valence-corrected chi connectivity index (χ4v) is 1.86. The second-order valence-electron chi connectivity index (χ2n) is 3.53. The first-order valence-electron chi connectivity index (χ1n) is 4.58. The van der Waals surface area contributed by atoms with E-state index in [-0.39, 0.29) is 12.4 Å². The number of hydrogen-bond acceptors (Lipinski definition) is 2. The maximum absolute atomic E-state index is 4.06. The molecule has 1 aliphatic heterocycles. The van der Waals surface area contributed by atoms with Gasteiger partial charge in [0, 0.05) is 24.4 Å². The third kappa shape index (κ3) is 1.29. The number of hydrogen-bond donors (Lipinski definition) is 2. The summed E-state index contributed by atoms with van der Waals surface area (Å²) in [6.07, 6.45) is 1.92. The van der Waals surface area contributed by atoms with Crippen molar-refractivity contribution in [1.82, 2.24) is 15.5 Å². The molecule has 0 unspecified atom stereocenters. The Bertz CT molecular complexity index is 434. The molecule has 3 rings (SSSR count). The molecular formula is C10H12ClN3. The number of benzene rings is 1. The number of fused-ring (bicyclic) bond motifs is 1. The maximum Gasteiger partial charge on any atom is 0.0653 e. The molecule has 3 nitrogen and oxygen atoms in total. The van der Waals surface area contributed by atoms with Crippen molar-refractivity contribution in [2.24, 2.45) is 0 Å². The lowest BCUT2D eigenvalue weighted by atomic mass is 9.91. The molecule has 1 aliphatic rings. The predicted octanol–water partition coefficient (Wildman–Crippen LogP) is 1.67. The van der Waals surface area contributed by atoms with Crippen molar-refractivity contribution in [2.45, 2.75) is 5.92 Å². The summed E-state index contributed by atoms with van der Waals surface area (Å²) in [7, 11) is 0. The Labute approximate surface area is 88.3 Å². The molecule has 2 heterocycles. The Morgan fingerprint density at radius 2 is 2.14 bits per heavy atom. The van der Waals surface area contributed by atoms with Gasteiger partial charge in [-0.1, -0.05) is 12.1 Å². The van der Waals surface area contributed by atoms with Crippen LogP contribution in [-0.4, -0.2) is 23.3 Å². The van der Waals surface area contributed by atoms with E-state index in [1.54, 1.807) is 0 Å². The third-order valence-corrected chi connectivity index (χ3v) is 2.74. The number of aromatic nitrogens is 2. The fourth-order valence-electron chi connectivity index (χ4n) is 1.86. The van der Waals surface area contributed by atoms with Gasteiger partial charge in [-0.05, 0) is 11.6 Å². The van der Waals surface area contributed by atoms with Crippen LogP contribution in [0.5, 0.6) is 0 Å². The van der Waals surface area contributed by atoms with Crippen LogP contribution in [0.1, 0.15) is 11.5 Å². The highest BCUT2D eigenvalue weighted by Gasteiger charge is 2.20. The van der Waals surface area contributed by atoms with Gasteiger partial charge in [-0.2, -0.15) is 5.10 Å². The lowest BCUT2D eigenvalue weighted by Crippen LogP contribution is -2.39. The molecule has 0 atom stereocenters. The van der Waals surface area contributed by atoms with Crippen LogP contribution in [0.2, 0.25) is 0 Å². The van der Waals surface area contributed by atoms with Crippen LogP contribution in [0.15, 0.2) is 24.4 Å². The summed E-state index contributed by atoms with van der Waals surface area (Å²) in [5.74, 6) is 0.682. The van der Waals surface area contributed by atoms with Crippen molar-refractivity contribution < 1.29 is 0 Å². The van der Waals surface area contributed by atoms with Crippen molar-refractivity contribution in [3.05, 3.63) is 30.0 Å². The quantitative estimate of drug-likeness (QED) is 0.750. The number of H-pyrrole nitrogens is 1. The van der Waals surface area contributed by atoms with Crippen LogP contribution in [0, 0.1) is 0 Å². The molecule has 2 N–H and O–H groups in total. The van der Waals surface area contributed by atoms with Gasteiger partial charge in [0.1, 0.15) is 0 Å². The molecule has 1 fully saturated rings. The summed E-state index contributed by atoms with van der Waals surface area (Å²) in [6.45, 7) is 2.20. The SMILES string of the molecule is Cl.c1cc(C2CNC2)c2cn[nH]c2c1. The first kappa shape index (κ1) is 9.49. The minimum Gasteiger partial charge on any atom is -0.315 e. The van der Waals surface area contributed by atoms with Gasteiger partial charge < -0.3 is 5.32 Å². The molecule has 2 aromatic rings. The van der Waals surface area contributed by atoms with Crippen LogP contribution in [0.3, 0.4) is 0 Å². The smallest absolute Gasteiger partial charge is 0.0653 e. The average molecular weight is 210 g/mol. The lowest BCUT2D eigenvalue weighted by molar-refractivity contribution is 0.451. The second-order valence-corrected chi connectivity index (χ2v) is 3.53. The van der Waals surface area contributed by atoms with Gasteiger partial charge in [0.15, 0.2) is 0 Å². The summed E-state index contributed by atoms with van der Waals surface area (Å²) >= 11 is 0. The van der Waals surface area contributed by atoms with Crippen molar-refractivity contribution >= 4 is 23.3 Å². The first-order valence-corrected chi connectivity index (χ1v) is 4.58. The molecule has 74 valence electrons. The van der Waals surface area contributed by atoms with Gasteiger partial charge in [0.05, 0.1) is 11.7 Å². The monoisotopic (exact) mass is 209 g/mol. The Kier molecular flexibility index (Phi) is 2.44. The van der Waals surface area contributed by atoms with E-state index >= 15 is 0 Å². The van der Waals surface area contributed by atoms with Gasteiger partial charge in [-0.15, -0.1) is 12.4 Å². The normalized spacial score (nSPS) is 16.3.